The number of hydrogen-bond acceptors (Lipinski definition) is 3. The van der Waals surface area contributed by atoms with Crippen LogP contribution in [0.15, 0.2) is 54.1 Å². The van der Waals surface area contributed by atoms with E-state index in [0.717, 1.165) is 40.0 Å². The van der Waals surface area contributed by atoms with Gasteiger partial charge in [0.1, 0.15) is 11.9 Å². The van der Waals surface area contributed by atoms with E-state index in [-0.39, 0.29) is 17.8 Å². The average Bonchev–Trinajstić information content (AvgIpc) is 3.01. The first-order valence-corrected chi connectivity index (χ1v) is 8.76. The van der Waals surface area contributed by atoms with Gasteiger partial charge in [-0.1, -0.05) is 35.9 Å². The van der Waals surface area contributed by atoms with Gasteiger partial charge in [0, 0.05) is 18.1 Å². The summed E-state index contributed by atoms with van der Waals surface area (Å²) < 4.78 is 5.93. The van der Waals surface area contributed by atoms with E-state index in [9.17, 15) is 9.59 Å². The standard InChI is InChI=1S/C22H23NO3/c1-14(2)10-22(25)23-13-18-12-17-11-16(8-9-21(17)26-18)20-7-5-4-6-19(20)15(3)24/h4-11,18H,12-13H2,1-3H3,(H,23,25)/t18-/m1/s1. The summed E-state index contributed by atoms with van der Waals surface area (Å²) >= 11 is 0. The number of hydrogen-bond donors (Lipinski definition) is 1. The highest BCUT2D eigenvalue weighted by atomic mass is 16.5. The molecule has 1 atom stereocenters. The van der Waals surface area contributed by atoms with Crippen LogP contribution in [0, 0.1) is 0 Å². The van der Waals surface area contributed by atoms with Crippen molar-refractivity contribution in [2.45, 2.75) is 33.3 Å². The summed E-state index contributed by atoms with van der Waals surface area (Å²) in [6.07, 6.45) is 2.25. The van der Waals surface area contributed by atoms with Gasteiger partial charge in [0.25, 0.3) is 0 Å². The fraction of sp³-hybridized carbons (Fsp3) is 0.273. The van der Waals surface area contributed by atoms with Crippen molar-refractivity contribution >= 4 is 11.7 Å². The second kappa shape index (κ2) is 7.56. The van der Waals surface area contributed by atoms with Crippen molar-refractivity contribution in [3.8, 4) is 16.9 Å². The molecule has 1 aliphatic heterocycles. The van der Waals surface area contributed by atoms with Gasteiger partial charge in [-0.2, -0.15) is 0 Å². The maximum absolute atomic E-state index is 11.9. The highest BCUT2D eigenvalue weighted by molar-refractivity contribution is 6.00. The Morgan fingerprint density at radius 2 is 1.92 bits per heavy atom. The molecule has 26 heavy (non-hydrogen) atoms. The molecule has 3 rings (SSSR count). The Morgan fingerprint density at radius 1 is 1.15 bits per heavy atom. The third-order valence-corrected chi connectivity index (χ3v) is 4.34. The van der Waals surface area contributed by atoms with E-state index >= 15 is 0 Å². The molecule has 1 heterocycles. The predicted octanol–water partition coefficient (Wildman–Crippen LogP) is 3.94. The van der Waals surface area contributed by atoms with Crippen LogP contribution in [0.25, 0.3) is 11.1 Å². The SMILES string of the molecule is CC(=O)c1ccccc1-c1ccc2c(c1)C[C@H](CNC(=O)C=C(C)C)O2. The highest BCUT2D eigenvalue weighted by Gasteiger charge is 2.24. The van der Waals surface area contributed by atoms with Gasteiger partial charge in [0.2, 0.25) is 5.91 Å². The summed E-state index contributed by atoms with van der Waals surface area (Å²) in [5.74, 6) is 0.799. The van der Waals surface area contributed by atoms with Crippen LogP contribution in [0.2, 0.25) is 0 Å². The van der Waals surface area contributed by atoms with E-state index in [0.29, 0.717) is 6.54 Å². The number of carbonyl (C=O) groups is 2. The van der Waals surface area contributed by atoms with Gasteiger partial charge in [0.15, 0.2) is 5.78 Å². The van der Waals surface area contributed by atoms with Gasteiger partial charge in [-0.3, -0.25) is 9.59 Å². The molecule has 1 aliphatic rings. The zero-order chi connectivity index (χ0) is 18.7. The fourth-order valence-electron chi connectivity index (χ4n) is 3.17. The lowest BCUT2D eigenvalue weighted by molar-refractivity contribution is -0.116. The van der Waals surface area contributed by atoms with Crippen LogP contribution in [0.1, 0.15) is 36.7 Å². The minimum atomic E-state index is -0.0966. The maximum atomic E-state index is 11.9. The Hall–Kier alpha value is -2.88. The Morgan fingerprint density at radius 3 is 2.65 bits per heavy atom. The van der Waals surface area contributed by atoms with E-state index in [1.165, 1.54) is 0 Å². The lowest BCUT2D eigenvalue weighted by Crippen LogP contribution is -2.33. The van der Waals surface area contributed by atoms with Crippen LogP contribution >= 0.6 is 0 Å². The average molecular weight is 349 g/mol. The Labute approximate surface area is 153 Å². The summed E-state index contributed by atoms with van der Waals surface area (Å²) in [6, 6.07) is 13.6. The molecule has 1 amide bonds. The van der Waals surface area contributed by atoms with Crippen LogP contribution in [-0.2, 0) is 11.2 Å². The maximum Gasteiger partial charge on any atom is 0.244 e. The quantitative estimate of drug-likeness (QED) is 0.657. The minimum Gasteiger partial charge on any atom is -0.488 e. The van der Waals surface area contributed by atoms with Gasteiger partial charge >= 0.3 is 0 Å². The largest absolute Gasteiger partial charge is 0.488 e. The topological polar surface area (TPSA) is 55.4 Å². The van der Waals surface area contributed by atoms with Crippen molar-refractivity contribution in [3.05, 3.63) is 65.2 Å². The van der Waals surface area contributed by atoms with Gasteiger partial charge in [0.05, 0.1) is 6.54 Å². The molecule has 134 valence electrons. The minimum absolute atomic E-state index is 0.0530. The van der Waals surface area contributed by atoms with Crippen molar-refractivity contribution < 1.29 is 14.3 Å². The first-order valence-electron chi connectivity index (χ1n) is 8.76. The molecule has 0 saturated heterocycles. The summed E-state index contributed by atoms with van der Waals surface area (Å²) in [5, 5.41) is 2.88. The molecule has 0 saturated carbocycles. The van der Waals surface area contributed by atoms with Crippen molar-refractivity contribution in [2.24, 2.45) is 0 Å². The number of ether oxygens (including phenoxy) is 1. The first kappa shape index (κ1) is 17.9. The Balaban J connectivity index is 1.74. The summed E-state index contributed by atoms with van der Waals surface area (Å²) in [7, 11) is 0. The number of Topliss-reactive ketones (excluding diaryl/α,β-unsaturated/α-hetero) is 1. The number of fused-ring (bicyclic) bond motifs is 1. The van der Waals surface area contributed by atoms with Crippen molar-refractivity contribution in [3.63, 3.8) is 0 Å². The summed E-state index contributed by atoms with van der Waals surface area (Å²) in [5.41, 5.74) is 4.72. The van der Waals surface area contributed by atoms with Crippen LogP contribution in [0.5, 0.6) is 5.75 Å². The molecule has 4 heteroatoms. The van der Waals surface area contributed by atoms with Crippen LogP contribution in [0.3, 0.4) is 0 Å². The van der Waals surface area contributed by atoms with Gasteiger partial charge < -0.3 is 10.1 Å². The molecule has 0 aromatic heterocycles. The number of amides is 1. The first-order chi connectivity index (χ1) is 12.4. The zero-order valence-corrected chi connectivity index (χ0v) is 15.3. The zero-order valence-electron chi connectivity index (χ0n) is 15.3. The van der Waals surface area contributed by atoms with Crippen LogP contribution < -0.4 is 10.1 Å². The number of benzene rings is 2. The molecular weight excluding hydrogens is 326 g/mol. The number of nitrogens with one attached hydrogen (secondary N) is 1. The molecule has 0 spiro atoms. The number of allylic oxidation sites excluding steroid dienone is 1. The molecule has 0 bridgehead atoms. The second-order valence-corrected chi connectivity index (χ2v) is 6.84. The number of carbonyl (C=O) groups excluding carboxylic acids is 2. The lowest BCUT2D eigenvalue weighted by Gasteiger charge is -2.11. The highest BCUT2D eigenvalue weighted by Crippen LogP contribution is 2.34. The van der Waals surface area contributed by atoms with E-state index in [2.05, 4.69) is 11.4 Å². The van der Waals surface area contributed by atoms with Gasteiger partial charge in [-0.15, -0.1) is 0 Å². The monoisotopic (exact) mass is 349 g/mol. The summed E-state index contributed by atoms with van der Waals surface area (Å²) in [4.78, 5) is 23.6. The lowest BCUT2D eigenvalue weighted by atomic mass is 9.95. The molecule has 0 unspecified atom stereocenters. The van der Waals surface area contributed by atoms with Crippen LogP contribution in [-0.4, -0.2) is 24.3 Å². The molecule has 2 aromatic carbocycles. The second-order valence-electron chi connectivity index (χ2n) is 6.84. The van der Waals surface area contributed by atoms with Crippen LogP contribution in [0.4, 0.5) is 0 Å². The van der Waals surface area contributed by atoms with E-state index in [1.807, 2.05) is 50.2 Å². The molecule has 4 nitrogen and oxygen atoms in total. The number of rotatable bonds is 5. The molecule has 0 fully saturated rings. The third kappa shape index (κ3) is 4.02. The predicted molar refractivity (Wildman–Crippen MR) is 102 cm³/mol. The fourth-order valence-corrected chi connectivity index (χ4v) is 3.17. The van der Waals surface area contributed by atoms with Gasteiger partial charge in [-0.05, 0) is 49.6 Å². The molecule has 0 aliphatic carbocycles. The number of ketones is 1. The normalized spacial score (nSPS) is 15.0. The Bertz CT molecular complexity index is 879. The summed E-state index contributed by atoms with van der Waals surface area (Å²) in [6.45, 7) is 5.83. The Kier molecular flexibility index (Phi) is 5.21. The van der Waals surface area contributed by atoms with Crippen molar-refractivity contribution in [1.82, 2.24) is 5.32 Å². The van der Waals surface area contributed by atoms with Crippen molar-refractivity contribution in [2.75, 3.05) is 6.54 Å². The molecule has 0 radical (unpaired) electrons. The van der Waals surface area contributed by atoms with E-state index in [1.54, 1.807) is 13.0 Å². The molecule has 1 N–H and O–H groups in total. The van der Waals surface area contributed by atoms with E-state index in [4.69, 9.17) is 4.74 Å². The smallest absolute Gasteiger partial charge is 0.244 e. The van der Waals surface area contributed by atoms with Gasteiger partial charge in [-0.25, -0.2) is 0 Å². The van der Waals surface area contributed by atoms with E-state index < -0.39 is 0 Å². The molecular formula is C22H23NO3. The molecule has 2 aromatic rings. The third-order valence-electron chi connectivity index (χ3n) is 4.34. The van der Waals surface area contributed by atoms with Crippen molar-refractivity contribution in [1.29, 1.82) is 0 Å².